The molecule has 2 aromatic rings. The van der Waals surface area contributed by atoms with E-state index in [-0.39, 0.29) is 0 Å². The van der Waals surface area contributed by atoms with E-state index < -0.39 is 0 Å². The average Bonchev–Trinajstić information content (AvgIpc) is 2.72. The van der Waals surface area contributed by atoms with E-state index in [1.807, 2.05) is 0 Å². The lowest BCUT2D eigenvalue weighted by atomic mass is 9.97. The molecule has 1 nitrogen and oxygen atoms in total. The first-order valence-electron chi connectivity index (χ1n) is 8.17. The maximum absolute atomic E-state index is 2.64. The number of fused-ring (bicyclic) bond motifs is 3. The van der Waals surface area contributed by atoms with Gasteiger partial charge in [-0.3, -0.25) is 0 Å². The zero-order valence-corrected chi connectivity index (χ0v) is 12.5. The van der Waals surface area contributed by atoms with Crippen LogP contribution in [-0.4, -0.2) is 10.3 Å². The van der Waals surface area contributed by atoms with Crippen LogP contribution in [0.1, 0.15) is 43.2 Å². The van der Waals surface area contributed by atoms with Crippen LogP contribution in [0.5, 0.6) is 0 Å². The van der Waals surface area contributed by atoms with E-state index in [1.165, 1.54) is 54.4 Å². The number of hydrogen-bond donors (Lipinski definition) is 0. The zero-order valence-electron chi connectivity index (χ0n) is 12.5. The fraction of sp³-hybridized carbons (Fsp3) is 0.350. The number of benzene rings is 2. The summed E-state index contributed by atoms with van der Waals surface area (Å²) in [6, 6.07) is 17.8. The second kappa shape index (κ2) is 5.48. The monoisotopic (exact) mass is 276 g/mol. The summed E-state index contributed by atoms with van der Waals surface area (Å²) < 4.78 is 2.64. The Kier molecular flexibility index (Phi) is 3.34. The molecular weight excluding hydrogens is 254 g/mol. The van der Waals surface area contributed by atoms with Crippen molar-refractivity contribution in [3.05, 3.63) is 59.7 Å². The third-order valence-corrected chi connectivity index (χ3v) is 4.93. The molecule has 2 aliphatic rings. The van der Waals surface area contributed by atoms with Gasteiger partial charge in [-0.2, -0.15) is 0 Å². The van der Waals surface area contributed by atoms with Gasteiger partial charge in [0.25, 0.3) is 0 Å². The fourth-order valence-electron chi connectivity index (χ4n) is 3.81. The molecule has 4 rings (SSSR count). The van der Waals surface area contributed by atoms with Crippen molar-refractivity contribution >= 4 is 5.71 Å². The molecule has 1 fully saturated rings. The minimum Gasteiger partial charge on any atom is -0.228 e. The van der Waals surface area contributed by atoms with Gasteiger partial charge in [0.1, 0.15) is 0 Å². The van der Waals surface area contributed by atoms with Gasteiger partial charge in [-0.05, 0) is 24.0 Å². The molecule has 0 spiro atoms. The van der Waals surface area contributed by atoms with Crippen LogP contribution in [0.2, 0.25) is 0 Å². The highest BCUT2D eigenvalue weighted by atomic mass is 15.0. The van der Waals surface area contributed by atoms with Gasteiger partial charge in [0.05, 0.1) is 0 Å². The lowest BCUT2D eigenvalue weighted by Crippen LogP contribution is -2.22. The lowest BCUT2D eigenvalue weighted by molar-refractivity contribution is -0.561. The van der Waals surface area contributed by atoms with Crippen LogP contribution < -0.4 is 0 Å². The van der Waals surface area contributed by atoms with Gasteiger partial charge < -0.3 is 0 Å². The maximum Gasteiger partial charge on any atom is 0.169 e. The van der Waals surface area contributed by atoms with E-state index in [1.54, 1.807) is 5.71 Å². The Hall–Kier alpha value is -1.89. The predicted molar refractivity (Wildman–Crippen MR) is 87.6 cm³/mol. The van der Waals surface area contributed by atoms with Gasteiger partial charge >= 0.3 is 0 Å². The Bertz CT molecular complexity index is 639. The van der Waals surface area contributed by atoms with Gasteiger partial charge in [0.2, 0.25) is 0 Å². The Morgan fingerprint density at radius 1 is 0.619 bits per heavy atom. The summed E-state index contributed by atoms with van der Waals surface area (Å²) in [7, 11) is 0. The number of hydrogen-bond acceptors (Lipinski definition) is 0. The van der Waals surface area contributed by atoms with Crippen LogP contribution in [0.15, 0.2) is 48.5 Å². The third-order valence-electron chi connectivity index (χ3n) is 4.93. The van der Waals surface area contributed by atoms with E-state index in [0.29, 0.717) is 0 Å². The number of nitrogens with zero attached hydrogens (tertiary/aromatic N) is 1. The first kappa shape index (κ1) is 12.8. The summed E-state index contributed by atoms with van der Waals surface area (Å²) in [5.41, 5.74) is 7.47. The second-order valence-corrected chi connectivity index (χ2v) is 6.30. The van der Waals surface area contributed by atoms with Crippen molar-refractivity contribution in [2.75, 3.05) is 0 Å². The molecule has 1 aliphatic heterocycles. The van der Waals surface area contributed by atoms with Crippen LogP contribution in [0, 0.1) is 0 Å². The summed E-state index contributed by atoms with van der Waals surface area (Å²) in [6.07, 6.45) is 6.74. The van der Waals surface area contributed by atoms with E-state index in [4.69, 9.17) is 0 Å². The Morgan fingerprint density at radius 2 is 1.14 bits per heavy atom. The third kappa shape index (κ3) is 2.42. The molecule has 21 heavy (non-hydrogen) atoms. The lowest BCUT2D eigenvalue weighted by Gasteiger charge is -2.13. The zero-order chi connectivity index (χ0) is 14.1. The highest BCUT2D eigenvalue weighted by Gasteiger charge is 2.24. The highest BCUT2D eigenvalue weighted by molar-refractivity contribution is 5.80. The first-order chi connectivity index (χ1) is 10.4. The minimum absolute atomic E-state index is 1.07. The van der Waals surface area contributed by atoms with Crippen LogP contribution in [0.3, 0.4) is 0 Å². The summed E-state index contributed by atoms with van der Waals surface area (Å²) in [4.78, 5) is 0. The van der Waals surface area contributed by atoms with E-state index in [2.05, 4.69) is 53.1 Å². The second-order valence-electron chi connectivity index (χ2n) is 6.30. The molecule has 0 unspecified atom stereocenters. The van der Waals surface area contributed by atoms with Crippen molar-refractivity contribution in [1.29, 1.82) is 0 Å². The Morgan fingerprint density at radius 3 is 1.71 bits per heavy atom. The van der Waals surface area contributed by atoms with Crippen molar-refractivity contribution in [3.63, 3.8) is 0 Å². The molecule has 1 heteroatoms. The molecule has 1 heterocycles. The van der Waals surface area contributed by atoms with Crippen molar-refractivity contribution in [2.24, 2.45) is 0 Å². The van der Waals surface area contributed by atoms with Gasteiger partial charge in [-0.1, -0.05) is 55.0 Å². The van der Waals surface area contributed by atoms with Gasteiger partial charge in [0.15, 0.2) is 18.8 Å². The molecule has 0 saturated heterocycles. The summed E-state index contributed by atoms with van der Waals surface area (Å²) in [5, 5.41) is 0. The van der Waals surface area contributed by atoms with E-state index >= 15 is 0 Å². The molecule has 106 valence electrons. The van der Waals surface area contributed by atoms with Gasteiger partial charge in [0, 0.05) is 24.0 Å². The fourth-order valence-corrected chi connectivity index (χ4v) is 3.81. The van der Waals surface area contributed by atoms with Crippen molar-refractivity contribution in [3.8, 4) is 11.1 Å². The van der Waals surface area contributed by atoms with Crippen LogP contribution in [-0.2, 0) is 13.1 Å². The smallest absolute Gasteiger partial charge is 0.169 e. The topological polar surface area (TPSA) is 3.01 Å². The molecular formula is C20H22N+. The molecule has 1 saturated carbocycles. The maximum atomic E-state index is 2.64. The van der Waals surface area contributed by atoms with Gasteiger partial charge in [-0.15, -0.1) is 0 Å². The molecule has 1 aliphatic carbocycles. The number of rotatable bonds is 0. The van der Waals surface area contributed by atoms with Crippen molar-refractivity contribution < 1.29 is 4.58 Å². The highest BCUT2D eigenvalue weighted by Crippen LogP contribution is 2.31. The normalized spacial score (nSPS) is 17.9. The molecule has 0 aromatic heterocycles. The van der Waals surface area contributed by atoms with Crippen molar-refractivity contribution in [1.82, 2.24) is 0 Å². The largest absolute Gasteiger partial charge is 0.228 e. The molecule has 0 N–H and O–H groups in total. The molecule has 0 radical (unpaired) electrons. The quantitative estimate of drug-likeness (QED) is 0.609. The molecule has 2 aromatic carbocycles. The predicted octanol–water partition coefficient (Wildman–Crippen LogP) is 4.78. The van der Waals surface area contributed by atoms with E-state index in [0.717, 1.165) is 13.1 Å². The average molecular weight is 276 g/mol. The Labute approximate surface area is 127 Å². The van der Waals surface area contributed by atoms with Crippen LogP contribution in [0.4, 0.5) is 0 Å². The summed E-state index contributed by atoms with van der Waals surface area (Å²) in [6.45, 7) is 2.14. The summed E-state index contributed by atoms with van der Waals surface area (Å²) >= 11 is 0. The first-order valence-corrected chi connectivity index (χ1v) is 8.17. The minimum atomic E-state index is 1.07. The van der Waals surface area contributed by atoms with Gasteiger partial charge in [-0.25, -0.2) is 4.58 Å². The molecule has 0 amide bonds. The Balaban J connectivity index is 1.87. The standard InChI is InChI=1S/C20H22N/c1-2-10-18(11-3-1)21-14-16-8-4-6-12-19(16)20-13-7-5-9-17(20)15-21/h4-9,12-13H,1-3,10-11,14-15H2/q+1. The van der Waals surface area contributed by atoms with E-state index in [9.17, 15) is 0 Å². The van der Waals surface area contributed by atoms with Crippen molar-refractivity contribution in [2.45, 2.75) is 45.2 Å². The summed E-state index contributed by atoms with van der Waals surface area (Å²) in [5.74, 6) is 0. The SMILES string of the molecule is c1ccc2c(c1)C[N+](=C1CCCCC1)Cc1ccccc1-2. The van der Waals surface area contributed by atoms with Crippen LogP contribution in [0.25, 0.3) is 11.1 Å². The molecule has 0 bridgehead atoms. The molecule has 0 atom stereocenters. The van der Waals surface area contributed by atoms with Crippen LogP contribution >= 0.6 is 0 Å².